The van der Waals surface area contributed by atoms with Crippen molar-refractivity contribution in [2.24, 2.45) is 0 Å². The van der Waals surface area contributed by atoms with E-state index >= 15 is 0 Å². The van der Waals surface area contributed by atoms with Crippen molar-refractivity contribution >= 4 is 14.0 Å². The lowest BCUT2D eigenvalue weighted by Crippen LogP contribution is -2.25. The number of hydrogen-bond acceptors (Lipinski definition) is 1. The Labute approximate surface area is 123 Å². The SMILES string of the molecule is c1ccc(OCCCC[Si@H]2CCc3ccccc32)cc1. The van der Waals surface area contributed by atoms with E-state index in [2.05, 4.69) is 24.3 Å². The molecule has 1 atom stereocenters. The number of para-hydroxylation sites is 1. The summed E-state index contributed by atoms with van der Waals surface area (Å²) in [7, 11) is -0.651. The number of ether oxygens (including phenoxy) is 1. The summed E-state index contributed by atoms with van der Waals surface area (Å²) >= 11 is 0. The van der Waals surface area contributed by atoms with Crippen molar-refractivity contribution < 1.29 is 4.74 Å². The van der Waals surface area contributed by atoms with Crippen LogP contribution >= 0.6 is 0 Å². The van der Waals surface area contributed by atoms with E-state index in [0.717, 1.165) is 12.4 Å². The van der Waals surface area contributed by atoms with E-state index in [0.29, 0.717) is 0 Å². The van der Waals surface area contributed by atoms with Crippen LogP contribution in [0.1, 0.15) is 18.4 Å². The van der Waals surface area contributed by atoms with E-state index in [1.807, 2.05) is 30.3 Å². The van der Waals surface area contributed by atoms with E-state index in [9.17, 15) is 0 Å². The lowest BCUT2D eigenvalue weighted by atomic mass is 10.2. The summed E-state index contributed by atoms with van der Waals surface area (Å²) in [5.74, 6) is 0.996. The summed E-state index contributed by atoms with van der Waals surface area (Å²) < 4.78 is 5.76. The van der Waals surface area contributed by atoms with E-state index in [1.54, 1.807) is 10.8 Å². The van der Waals surface area contributed by atoms with Crippen LogP contribution in [0.15, 0.2) is 54.6 Å². The lowest BCUT2D eigenvalue weighted by molar-refractivity contribution is 0.309. The zero-order chi connectivity index (χ0) is 13.6. The zero-order valence-corrected chi connectivity index (χ0v) is 13.1. The predicted molar refractivity (Wildman–Crippen MR) is 87.7 cm³/mol. The van der Waals surface area contributed by atoms with Gasteiger partial charge in [0.1, 0.15) is 5.75 Å². The average Bonchev–Trinajstić information content (AvgIpc) is 2.91. The quantitative estimate of drug-likeness (QED) is 0.582. The van der Waals surface area contributed by atoms with Gasteiger partial charge in [0.15, 0.2) is 0 Å². The molecule has 0 fully saturated rings. The highest BCUT2D eigenvalue weighted by atomic mass is 28.3. The summed E-state index contributed by atoms with van der Waals surface area (Å²) in [5, 5.41) is 1.73. The number of hydrogen-bond donors (Lipinski definition) is 0. The molecule has 0 aromatic heterocycles. The Hall–Kier alpha value is -1.54. The van der Waals surface area contributed by atoms with Crippen LogP contribution < -0.4 is 9.92 Å². The second-order valence-corrected chi connectivity index (χ2v) is 8.76. The van der Waals surface area contributed by atoms with Gasteiger partial charge in [0.05, 0.1) is 15.4 Å². The van der Waals surface area contributed by atoms with Crippen molar-refractivity contribution in [3.8, 4) is 5.75 Å². The molecular formula is C18H22OSi. The van der Waals surface area contributed by atoms with E-state index in [1.165, 1.54) is 31.4 Å². The molecule has 3 rings (SSSR count). The van der Waals surface area contributed by atoms with E-state index in [4.69, 9.17) is 4.74 Å². The first-order valence-corrected chi connectivity index (χ1v) is 9.90. The summed E-state index contributed by atoms with van der Waals surface area (Å²) in [6, 6.07) is 22.1. The molecule has 0 bridgehead atoms. The molecule has 0 amide bonds. The molecule has 1 aliphatic heterocycles. The fourth-order valence-corrected chi connectivity index (χ4v) is 6.64. The minimum Gasteiger partial charge on any atom is -0.494 e. The second kappa shape index (κ2) is 6.75. The molecule has 0 radical (unpaired) electrons. The van der Waals surface area contributed by atoms with Crippen LogP contribution in [-0.2, 0) is 6.42 Å². The Kier molecular flexibility index (Phi) is 4.54. The van der Waals surface area contributed by atoms with Gasteiger partial charge in [0.2, 0.25) is 0 Å². The minimum absolute atomic E-state index is 0.651. The van der Waals surface area contributed by atoms with Crippen LogP contribution in [0.2, 0.25) is 12.1 Å². The van der Waals surface area contributed by atoms with Crippen LogP contribution in [0.25, 0.3) is 0 Å². The van der Waals surface area contributed by atoms with Gasteiger partial charge in [-0.1, -0.05) is 66.2 Å². The van der Waals surface area contributed by atoms with Gasteiger partial charge >= 0.3 is 0 Å². The summed E-state index contributed by atoms with van der Waals surface area (Å²) in [5.41, 5.74) is 1.63. The largest absolute Gasteiger partial charge is 0.494 e. The highest BCUT2D eigenvalue weighted by Gasteiger charge is 2.22. The topological polar surface area (TPSA) is 9.23 Å². The Balaban J connectivity index is 1.39. The molecule has 0 spiro atoms. The monoisotopic (exact) mass is 282 g/mol. The van der Waals surface area contributed by atoms with Gasteiger partial charge in [-0.15, -0.1) is 0 Å². The highest BCUT2D eigenvalue weighted by Crippen LogP contribution is 2.19. The maximum absolute atomic E-state index is 5.76. The molecule has 2 heteroatoms. The van der Waals surface area contributed by atoms with Crippen molar-refractivity contribution in [2.45, 2.75) is 31.4 Å². The highest BCUT2D eigenvalue weighted by molar-refractivity contribution is 6.74. The third-order valence-corrected chi connectivity index (χ3v) is 7.75. The van der Waals surface area contributed by atoms with Gasteiger partial charge < -0.3 is 4.74 Å². The number of aryl methyl sites for hydroxylation is 1. The van der Waals surface area contributed by atoms with Crippen LogP contribution in [0, 0.1) is 0 Å². The maximum Gasteiger partial charge on any atom is 0.119 e. The third-order valence-electron chi connectivity index (χ3n) is 4.22. The van der Waals surface area contributed by atoms with Gasteiger partial charge in [-0.25, -0.2) is 0 Å². The summed E-state index contributed by atoms with van der Waals surface area (Å²) in [6.45, 7) is 0.854. The van der Waals surface area contributed by atoms with Crippen LogP contribution in [0.5, 0.6) is 5.75 Å². The zero-order valence-electron chi connectivity index (χ0n) is 11.9. The molecule has 20 heavy (non-hydrogen) atoms. The van der Waals surface area contributed by atoms with Crippen molar-refractivity contribution in [1.29, 1.82) is 0 Å². The van der Waals surface area contributed by atoms with E-state index < -0.39 is 8.80 Å². The van der Waals surface area contributed by atoms with Crippen molar-refractivity contribution in [3.63, 3.8) is 0 Å². The molecule has 2 aromatic carbocycles. The summed E-state index contributed by atoms with van der Waals surface area (Å²) in [4.78, 5) is 0. The number of fused-ring (bicyclic) bond motifs is 1. The smallest absolute Gasteiger partial charge is 0.119 e. The van der Waals surface area contributed by atoms with E-state index in [-0.39, 0.29) is 0 Å². The van der Waals surface area contributed by atoms with Crippen molar-refractivity contribution in [3.05, 3.63) is 60.2 Å². The molecule has 0 saturated carbocycles. The van der Waals surface area contributed by atoms with Gasteiger partial charge in [0, 0.05) is 0 Å². The van der Waals surface area contributed by atoms with Crippen LogP contribution in [-0.4, -0.2) is 15.4 Å². The maximum atomic E-state index is 5.76. The third kappa shape index (κ3) is 3.31. The van der Waals surface area contributed by atoms with Gasteiger partial charge in [-0.3, -0.25) is 0 Å². The minimum atomic E-state index is -0.651. The lowest BCUT2D eigenvalue weighted by Gasteiger charge is -2.10. The number of unbranched alkanes of at least 4 members (excludes halogenated alkanes) is 1. The second-order valence-electron chi connectivity index (χ2n) is 5.59. The van der Waals surface area contributed by atoms with Crippen molar-refractivity contribution in [1.82, 2.24) is 0 Å². The average molecular weight is 282 g/mol. The fraction of sp³-hybridized carbons (Fsp3) is 0.333. The first-order valence-electron chi connectivity index (χ1n) is 7.69. The Morgan fingerprint density at radius 2 is 1.70 bits per heavy atom. The van der Waals surface area contributed by atoms with Gasteiger partial charge in [-0.2, -0.15) is 0 Å². The first kappa shape index (κ1) is 13.4. The van der Waals surface area contributed by atoms with Crippen LogP contribution in [0.4, 0.5) is 0 Å². The van der Waals surface area contributed by atoms with Gasteiger partial charge in [-0.05, 0) is 30.5 Å². The fourth-order valence-electron chi connectivity index (χ4n) is 3.14. The number of rotatable bonds is 6. The standard InChI is InChI=1S/C18H22OSi/c1-2-9-17(10-3-1)19-13-6-7-14-20-15-12-16-8-4-5-11-18(16)20/h1-5,8-11,20H,6-7,12-15H2/t20-/m0/s1. The summed E-state index contributed by atoms with van der Waals surface area (Å²) in [6.07, 6.45) is 3.83. The Bertz CT molecular complexity index is 538. The molecule has 1 heterocycles. The Morgan fingerprint density at radius 3 is 2.60 bits per heavy atom. The first-order chi connectivity index (χ1) is 9.93. The molecule has 0 N–H and O–H groups in total. The van der Waals surface area contributed by atoms with Gasteiger partial charge in [0.25, 0.3) is 0 Å². The molecule has 0 unspecified atom stereocenters. The normalized spacial score (nSPS) is 16.9. The predicted octanol–water partition coefficient (Wildman–Crippen LogP) is 3.54. The Morgan fingerprint density at radius 1 is 0.900 bits per heavy atom. The molecular weight excluding hydrogens is 260 g/mol. The molecule has 104 valence electrons. The molecule has 1 aliphatic rings. The molecule has 1 nitrogen and oxygen atoms in total. The molecule has 2 aromatic rings. The van der Waals surface area contributed by atoms with Crippen molar-refractivity contribution in [2.75, 3.05) is 6.61 Å². The molecule has 0 aliphatic carbocycles. The van der Waals surface area contributed by atoms with Crippen LogP contribution in [0.3, 0.4) is 0 Å². The molecule has 0 saturated heterocycles. The number of benzene rings is 2.